The number of hydrogen-bond acceptors (Lipinski definition) is 4. The summed E-state index contributed by atoms with van der Waals surface area (Å²) in [6.07, 6.45) is -0.709. The number of aliphatic hydroxyl groups is 1. The SMILES string of the molecule is Cc1cc(SC[C@H](O)COc2ccccc2F)nc2c(C)cccc12. The lowest BCUT2D eigenvalue weighted by molar-refractivity contribution is 0.123. The molecule has 3 rings (SSSR count). The third-order valence-corrected chi connectivity index (χ3v) is 4.97. The van der Waals surface area contributed by atoms with Crippen molar-refractivity contribution < 1.29 is 14.2 Å². The number of ether oxygens (including phenoxy) is 1. The van der Waals surface area contributed by atoms with Crippen molar-refractivity contribution in [3.05, 3.63) is 65.5 Å². The monoisotopic (exact) mass is 357 g/mol. The van der Waals surface area contributed by atoms with Crippen LogP contribution in [-0.4, -0.2) is 28.6 Å². The number of aliphatic hydroxyl groups excluding tert-OH is 1. The van der Waals surface area contributed by atoms with Crippen LogP contribution in [0.1, 0.15) is 11.1 Å². The number of aryl methyl sites for hydroxylation is 2. The number of nitrogens with zero attached hydrogens (tertiary/aromatic N) is 1. The first kappa shape index (κ1) is 17.7. The van der Waals surface area contributed by atoms with Gasteiger partial charge in [-0.2, -0.15) is 0 Å². The molecule has 0 spiro atoms. The highest BCUT2D eigenvalue weighted by Crippen LogP contribution is 2.26. The third kappa shape index (κ3) is 4.30. The van der Waals surface area contributed by atoms with Gasteiger partial charge in [0.2, 0.25) is 0 Å². The van der Waals surface area contributed by atoms with Crippen molar-refractivity contribution in [2.75, 3.05) is 12.4 Å². The maximum Gasteiger partial charge on any atom is 0.165 e. The molecule has 0 unspecified atom stereocenters. The van der Waals surface area contributed by atoms with Crippen LogP contribution in [0.2, 0.25) is 0 Å². The Morgan fingerprint density at radius 2 is 1.92 bits per heavy atom. The molecule has 0 aliphatic carbocycles. The van der Waals surface area contributed by atoms with E-state index in [-0.39, 0.29) is 12.4 Å². The summed E-state index contributed by atoms with van der Waals surface area (Å²) >= 11 is 1.47. The van der Waals surface area contributed by atoms with Crippen LogP contribution in [0.15, 0.2) is 53.6 Å². The van der Waals surface area contributed by atoms with Gasteiger partial charge in [0.15, 0.2) is 11.6 Å². The highest BCUT2D eigenvalue weighted by Gasteiger charge is 2.11. The summed E-state index contributed by atoms with van der Waals surface area (Å²) in [6, 6.07) is 14.3. The number of rotatable bonds is 6. The highest BCUT2D eigenvalue weighted by atomic mass is 32.2. The Balaban J connectivity index is 1.62. The molecule has 0 saturated heterocycles. The van der Waals surface area contributed by atoms with Gasteiger partial charge in [0.1, 0.15) is 6.61 Å². The molecule has 3 nitrogen and oxygen atoms in total. The molecule has 0 bridgehead atoms. The molecule has 1 heterocycles. The van der Waals surface area contributed by atoms with Crippen molar-refractivity contribution in [3.63, 3.8) is 0 Å². The second-order valence-corrected chi connectivity index (χ2v) is 7.00. The summed E-state index contributed by atoms with van der Waals surface area (Å²) in [5, 5.41) is 12.1. The van der Waals surface area contributed by atoms with Crippen LogP contribution in [0.5, 0.6) is 5.75 Å². The zero-order valence-electron chi connectivity index (χ0n) is 14.2. The van der Waals surface area contributed by atoms with Crippen LogP contribution in [0, 0.1) is 19.7 Å². The summed E-state index contributed by atoms with van der Waals surface area (Å²) in [7, 11) is 0. The number of benzene rings is 2. The van der Waals surface area contributed by atoms with Gasteiger partial charge in [0.05, 0.1) is 16.6 Å². The van der Waals surface area contributed by atoms with E-state index in [4.69, 9.17) is 9.72 Å². The Labute approximate surface area is 150 Å². The van der Waals surface area contributed by atoms with Crippen LogP contribution in [0.3, 0.4) is 0 Å². The quantitative estimate of drug-likeness (QED) is 0.659. The molecule has 25 heavy (non-hydrogen) atoms. The van der Waals surface area contributed by atoms with Gasteiger partial charge in [-0.05, 0) is 43.2 Å². The van der Waals surface area contributed by atoms with E-state index in [0.717, 1.165) is 27.1 Å². The molecule has 0 fully saturated rings. The predicted octanol–water partition coefficient (Wildman–Crippen LogP) is 4.52. The van der Waals surface area contributed by atoms with Crippen LogP contribution in [-0.2, 0) is 0 Å². The summed E-state index contributed by atoms with van der Waals surface area (Å²) in [4.78, 5) is 4.69. The summed E-state index contributed by atoms with van der Waals surface area (Å²) in [5.41, 5.74) is 3.28. The molecule has 1 N–H and O–H groups in total. The first-order valence-electron chi connectivity index (χ1n) is 8.10. The Bertz CT molecular complexity index is 885. The van der Waals surface area contributed by atoms with Gasteiger partial charge in [0.25, 0.3) is 0 Å². The summed E-state index contributed by atoms with van der Waals surface area (Å²) < 4.78 is 18.8. The topological polar surface area (TPSA) is 42.4 Å². The minimum absolute atomic E-state index is 0.0412. The molecule has 0 aliphatic heterocycles. The summed E-state index contributed by atoms with van der Waals surface area (Å²) in [6.45, 7) is 4.14. The predicted molar refractivity (Wildman–Crippen MR) is 99.8 cm³/mol. The molecular weight excluding hydrogens is 337 g/mol. The number of hydrogen-bond donors (Lipinski definition) is 1. The zero-order valence-corrected chi connectivity index (χ0v) is 15.0. The molecule has 3 aromatic rings. The smallest absolute Gasteiger partial charge is 0.165 e. The van der Waals surface area contributed by atoms with Gasteiger partial charge in [0, 0.05) is 11.1 Å². The molecule has 0 amide bonds. The molecular formula is C20H20FNO2S. The second kappa shape index (κ2) is 7.85. The Morgan fingerprint density at radius 1 is 1.12 bits per heavy atom. The maximum atomic E-state index is 13.5. The Hall–Kier alpha value is -2.11. The lowest BCUT2D eigenvalue weighted by Gasteiger charge is -2.13. The fraction of sp³-hybridized carbons (Fsp3) is 0.250. The normalized spacial score (nSPS) is 12.3. The molecule has 5 heteroatoms. The van der Waals surface area contributed by atoms with E-state index in [1.54, 1.807) is 18.2 Å². The Morgan fingerprint density at radius 3 is 2.72 bits per heavy atom. The number of para-hydroxylation sites is 2. The van der Waals surface area contributed by atoms with Crippen molar-refractivity contribution in [2.24, 2.45) is 0 Å². The number of thioether (sulfide) groups is 1. The van der Waals surface area contributed by atoms with Crippen molar-refractivity contribution in [3.8, 4) is 5.75 Å². The Kier molecular flexibility index (Phi) is 5.56. The van der Waals surface area contributed by atoms with Crippen LogP contribution >= 0.6 is 11.8 Å². The van der Waals surface area contributed by atoms with Crippen molar-refractivity contribution in [2.45, 2.75) is 25.0 Å². The van der Waals surface area contributed by atoms with Gasteiger partial charge in [-0.25, -0.2) is 9.37 Å². The van der Waals surface area contributed by atoms with Crippen molar-refractivity contribution in [1.29, 1.82) is 0 Å². The fourth-order valence-electron chi connectivity index (χ4n) is 2.58. The van der Waals surface area contributed by atoms with Crippen LogP contribution < -0.4 is 4.74 Å². The van der Waals surface area contributed by atoms with E-state index < -0.39 is 11.9 Å². The van der Waals surface area contributed by atoms with Gasteiger partial charge in [-0.1, -0.05) is 30.3 Å². The molecule has 1 atom stereocenters. The van der Waals surface area contributed by atoms with E-state index >= 15 is 0 Å². The average molecular weight is 357 g/mol. The first-order valence-corrected chi connectivity index (χ1v) is 9.08. The van der Waals surface area contributed by atoms with Crippen molar-refractivity contribution >= 4 is 22.7 Å². The summed E-state index contributed by atoms with van der Waals surface area (Å²) in [5.74, 6) is 0.157. The molecule has 0 radical (unpaired) electrons. The standard InChI is InChI=1S/C20H20FNO2S/c1-13-6-5-7-16-14(2)10-19(22-20(13)16)25-12-15(23)11-24-18-9-4-3-8-17(18)21/h3-10,15,23H,11-12H2,1-2H3/t15-/m1/s1. The number of pyridine rings is 1. The molecule has 0 saturated carbocycles. The fourth-order valence-corrected chi connectivity index (χ4v) is 3.46. The number of halogens is 1. The van der Waals surface area contributed by atoms with Gasteiger partial charge in [-0.3, -0.25) is 0 Å². The molecule has 130 valence electrons. The number of fused-ring (bicyclic) bond motifs is 1. The highest BCUT2D eigenvalue weighted by molar-refractivity contribution is 7.99. The lowest BCUT2D eigenvalue weighted by Crippen LogP contribution is -2.20. The second-order valence-electron chi connectivity index (χ2n) is 5.95. The average Bonchev–Trinajstić information content (AvgIpc) is 2.60. The van der Waals surface area contributed by atoms with Gasteiger partial charge in [-0.15, -0.1) is 11.8 Å². The number of aromatic nitrogens is 1. The van der Waals surface area contributed by atoms with E-state index in [9.17, 15) is 9.50 Å². The van der Waals surface area contributed by atoms with Crippen LogP contribution in [0.4, 0.5) is 4.39 Å². The minimum atomic E-state index is -0.709. The maximum absolute atomic E-state index is 13.5. The first-order chi connectivity index (χ1) is 12.0. The lowest BCUT2D eigenvalue weighted by atomic mass is 10.1. The molecule has 2 aromatic carbocycles. The third-order valence-electron chi connectivity index (χ3n) is 3.92. The molecule has 1 aromatic heterocycles. The van der Waals surface area contributed by atoms with Gasteiger partial charge < -0.3 is 9.84 Å². The largest absolute Gasteiger partial charge is 0.488 e. The molecule has 0 aliphatic rings. The van der Waals surface area contributed by atoms with E-state index in [2.05, 4.69) is 13.0 Å². The van der Waals surface area contributed by atoms with E-state index in [1.165, 1.54) is 17.8 Å². The zero-order chi connectivity index (χ0) is 17.8. The minimum Gasteiger partial charge on any atom is -0.488 e. The van der Waals surface area contributed by atoms with E-state index in [1.807, 2.05) is 25.1 Å². The van der Waals surface area contributed by atoms with Crippen molar-refractivity contribution in [1.82, 2.24) is 4.98 Å². The van der Waals surface area contributed by atoms with E-state index in [0.29, 0.717) is 5.75 Å². The van der Waals surface area contributed by atoms with Gasteiger partial charge >= 0.3 is 0 Å². The van der Waals surface area contributed by atoms with Crippen LogP contribution in [0.25, 0.3) is 10.9 Å².